The molecule has 0 aliphatic heterocycles. The second-order valence-corrected chi connectivity index (χ2v) is 6.84. The van der Waals surface area contributed by atoms with E-state index in [4.69, 9.17) is 0 Å². The fourth-order valence-corrected chi connectivity index (χ4v) is 3.36. The minimum atomic E-state index is -0.856. The van der Waals surface area contributed by atoms with E-state index in [2.05, 4.69) is 37.4 Å². The van der Waals surface area contributed by atoms with Gasteiger partial charge in [-0.1, -0.05) is 38.0 Å². The van der Waals surface area contributed by atoms with E-state index in [1.54, 1.807) is 6.92 Å². The van der Waals surface area contributed by atoms with Gasteiger partial charge in [0.15, 0.2) is 0 Å². The molecule has 1 aromatic carbocycles. The molecule has 0 fully saturated rings. The van der Waals surface area contributed by atoms with Crippen LogP contribution in [0.2, 0.25) is 0 Å². The van der Waals surface area contributed by atoms with E-state index < -0.39 is 11.5 Å². The van der Waals surface area contributed by atoms with Crippen LogP contribution >= 0.6 is 0 Å². The summed E-state index contributed by atoms with van der Waals surface area (Å²) in [5, 5.41) is 12.9. The van der Waals surface area contributed by atoms with Crippen LogP contribution in [0.4, 0.5) is 0 Å². The number of hydrogen-bond donors (Lipinski definition) is 2. The first-order valence-corrected chi connectivity index (χ1v) is 8.59. The molecule has 122 valence electrons. The van der Waals surface area contributed by atoms with Crippen molar-refractivity contribution in [3.05, 3.63) is 34.9 Å². The maximum atomic E-state index is 11.7. The van der Waals surface area contributed by atoms with Crippen LogP contribution < -0.4 is 5.32 Å². The van der Waals surface area contributed by atoms with Gasteiger partial charge in [-0.05, 0) is 62.6 Å². The Bertz CT molecular complexity index is 526. The average molecular weight is 303 g/mol. The third kappa shape index (κ3) is 3.89. The normalized spacial score (nSPS) is 18.3. The third-order valence-electron chi connectivity index (χ3n) is 4.91. The van der Waals surface area contributed by atoms with Crippen molar-refractivity contribution in [3.63, 3.8) is 0 Å². The highest BCUT2D eigenvalue weighted by atomic mass is 16.4. The first-order valence-electron chi connectivity index (χ1n) is 8.59. The fourth-order valence-electron chi connectivity index (χ4n) is 3.36. The van der Waals surface area contributed by atoms with Gasteiger partial charge in [0.2, 0.25) is 0 Å². The molecule has 0 bridgehead atoms. The molecule has 2 N–H and O–H groups in total. The highest BCUT2D eigenvalue weighted by Gasteiger charge is 2.33. The van der Waals surface area contributed by atoms with Gasteiger partial charge in [0.05, 0.1) is 0 Å². The zero-order valence-corrected chi connectivity index (χ0v) is 14.1. The third-order valence-corrected chi connectivity index (χ3v) is 4.91. The second-order valence-electron chi connectivity index (χ2n) is 6.84. The number of carbonyl (C=O) groups is 1. The molecule has 0 radical (unpaired) electrons. The van der Waals surface area contributed by atoms with E-state index in [0.717, 1.165) is 19.3 Å². The lowest BCUT2D eigenvalue weighted by atomic mass is 9.88. The van der Waals surface area contributed by atoms with Gasteiger partial charge in [-0.25, -0.2) is 0 Å². The summed E-state index contributed by atoms with van der Waals surface area (Å²) >= 11 is 0. The lowest BCUT2D eigenvalue weighted by Crippen LogP contribution is -2.50. The number of rotatable bonds is 7. The number of aryl methyl sites for hydroxylation is 2. The summed E-state index contributed by atoms with van der Waals surface area (Å²) in [6.07, 6.45) is 7.48. The molecule has 2 atom stereocenters. The Kier molecular flexibility index (Phi) is 5.63. The van der Waals surface area contributed by atoms with E-state index in [9.17, 15) is 9.90 Å². The highest BCUT2D eigenvalue weighted by Crippen LogP contribution is 2.26. The van der Waals surface area contributed by atoms with Gasteiger partial charge in [-0.2, -0.15) is 0 Å². The number of nitrogens with one attached hydrogen (secondary N) is 1. The van der Waals surface area contributed by atoms with Crippen molar-refractivity contribution in [1.82, 2.24) is 5.32 Å². The van der Waals surface area contributed by atoms with Crippen LogP contribution in [-0.4, -0.2) is 16.6 Å². The minimum absolute atomic E-state index is 0.0465. The van der Waals surface area contributed by atoms with Crippen molar-refractivity contribution in [2.24, 2.45) is 0 Å². The number of carboxylic acid groups (broad SMARTS) is 1. The first kappa shape index (κ1) is 17.0. The summed E-state index contributed by atoms with van der Waals surface area (Å²) in [6, 6.07) is 6.70. The Morgan fingerprint density at radius 3 is 2.64 bits per heavy atom. The molecule has 1 aliphatic carbocycles. The lowest BCUT2D eigenvalue weighted by Gasteiger charge is -2.31. The smallest absolute Gasteiger partial charge is 0.323 e. The van der Waals surface area contributed by atoms with Crippen LogP contribution in [0, 0.1) is 0 Å². The minimum Gasteiger partial charge on any atom is -0.480 e. The number of unbranched alkanes of at least 4 members (excludes halogenated alkanes) is 1. The van der Waals surface area contributed by atoms with Crippen molar-refractivity contribution in [1.29, 1.82) is 0 Å². The molecule has 0 amide bonds. The zero-order chi connectivity index (χ0) is 16.2. The molecule has 1 aliphatic rings. The van der Waals surface area contributed by atoms with E-state index in [-0.39, 0.29) is 6.04 Å². The molecule has 2 rings (SSSR count). The van der Waals surface area contributed by atoms with E-state index >= 15 is 0 Å². The summed E-state index contributed by atoms with van der Waals surface area (Å²) in [6.45, 7) is 5.97. The van der Waals surface area contributed by atoms with Crippen LogP contribution in [0.5, 0.6) is 0 Å². The van der Waals surface area contributed by atoms with Crippen LogP contribution in [0.3, 0.4) is 0 Å². The van der Waals surface area contributed by atoms with Crippen molar-refractivity contribution in [2.75, 3.05) is 0 Å². The Balaban J connectivity index is 2.12. The molecule has 3 nitrogen and oxygen atoms in total. The molecular weight excluding hydrogens is 274 g/mol. The van der Waals surface area contributed by atoms with Gasteiger partial charge >= 0.3 is 5.97 Å². The van der Waals surface area contributed by atoms with Gasteiger partial charge < -0.3 is 5.11 Å². The molecule has 0 saturated heterocycles. The lowest BCUT2D eigenvalue weighted by molar-refractivity contribution is -0.144. The Morgan fingerprint density at radius 2 is 2.00 bits per heavy atom. The highest BCUT2D eigenvalue weighted by molar-refractivity contribution is 5.78. The molecule has 3 heteroatoms. The van der Waals surface area contributed by atoms with E-state index in [0.29, 0.717) is 6.42 Å². The van der Waals surface area contributed by atoms with E-state index in [1.165, 1.54) is 36.0 Å². The number of hydrogen-bond acceptors (Lipinski definition) is 2. The van der Waals surface area contributed by atoms with Crippen molar-refractivity contribution in [3.8, 4) is 0 Å². The SMILES string of the molecule is CCCCC(C)(NC(C)c1ccc2c(c1)CCCC2)C(=O)O. The zero-order valence-electron chi connectivity index (χ0n) is 14.1. The number of fused-ring (bicyclic) bond motifs is 1. The second kappa shape index (κ2) is 7.28. The molecule has 0 spiro atoms. The Labute approximate surface area is 134 Å². The van der Waals surface area contributed by atoms with Gasteiger partial charge in [0.25, 0.3) is 0 Å². The average Bonchev–Trinajstić information content (AvgIpc) is 2.52. The first-order chi connectivity index (χ1) is 10.5. The molecule has 1 aromatic rings. The molecular formula is C19H29NO2. The van der Waals surface area contributed by atoms with Gasteiger partial charge in [0.1, 0.15) is 5.54 Å². The summed E-state index contributed by atoms with van der Waals surface area (Å²) < 4.78 is 0. The largest absolute Gasteiger partial charge is 0.480 e. The Hall–Kier alpha value is -1.35. The monoisotopic (exact) mass is 303 g/mol. The predicted octanol–water partition coefficient (Wildman–Crippen LogP) is 4.25. The quantitative estimate of drug-likeness (QED) is 0.791. The van der Waals surface area contributed by atoms with Gasteiger partial charge in [0, 0.05) is 6.04 Å². The van der Waals surface area contributed by atoms with Gasteiger partial charge in [-0.15, -0.1) is 0 Å². The predicted molar refractivity (Wildman–Crippen MR) is 90.2 cm³/mol. The topological polar surface area (TPSA) is 49.3 Å². The number of aliphatic carboxylic acids is 1. The van der Waals surface area contributed by atoms with E-state index in [1.807, 2.05) is 0 Å². The standard InChI is InChI=1S/C19H29NO2/c1-4-5-12-19(3,18(21)22)20-14(2)16-11-10-15-8-6-7-9-17(15)13-16/h10-11,13-14,20H,4-9,12H2,1-3H3,(H,21,22). The molecule has 0 heterocycles. The molecule has 22 heavy (non-hydrogen) atoms. The maximum Gasteiger partial charge on any atom is 0.323 e. The number of carboxylic acids is 1. The summed E-state index contributed by atoms with van der Waals surface area (Å²) in [5.41, 5.74) is 3.26. The molecule has 0 saturated carbocycles. The van der Waals surface area contributed by atoms with Crippen molar-refractivity contribution < 1.29 is 9.90 Å². The van der Waals surface area contributed by atoms with Crippen LogP contribution in [0.25, 0.3) is 0 Å². The summed E-state index contributed by atoms with van der Waals surface area (Å²) in [7, 11) is 0. The summed E-state index contributed by atoms with van der Waals surface area (Å²) in [4.78, 5) is 11.7. The van der Waals surface area contributed by atoms with Crippen molar-refractivity contribution >= 4 is 5.97 Å². The van der Waals surface area contributed by atoms with Gasteiger partial charge in [-0.3, -0.25) is 10.1 Å². The maximum absolute atomic E-state index is 11.7. The Morgan fingerprint density at radius 1 is 1.32 bits per heavy atom. The van der Waals surface area contributed by atoms with Crippen LogP contribution in [0.1, 0.15) is 75.6 Å². The molecule has 2 unspecified atom stereocenters. The summed E-state index contributed by atoms with van der Waals surface area (Å²) in [5.74, 6) is -0.759. The van der Waals surface area contributed by atoms with Crippen molar-refractivity contribution in [2.45, 2.75) is 77.3 Å². The van der Waals surface area contributed by atoms with Crippen LogP contribution in [0.15, 0.2) is 18.2 Å². The number of benzene rings is 1. The molecule has 0 aromatic heterocycles. The van der Waals surface area contributed by atoms with Crippen LogP contribution in [-0.2, 0) is 17.6 Å². The fraction of sp³-hybridized carbons (Fsp3) is 0.632.